The molecule has 0 aromatic rings. The molecule has 1 fully saturated rings. The molecule has 1 rings (SSSR count). The Hall–Kier alpha value is -0.200. The van der Waals surface area contributed by atoms with Crippen LogP contribution in [-0.4, -0.2) is 53.2 Å². The van der Waals surface area contributed by atoms with Crippen LogP contribution < -0.4 is 0 Å². The van der Waals surface area contributed by atoms with Crippen molar-refractivity contribution in [1.82, 2.24) is 0 Å². The molecule has 0 aromatic carbocycles. The number of unbranched alkanes of at least 4 members (excludes halogenated alkanes) is 4. The molecule has 1 unspecified atom stereocenters. The second-order valence-electron chi connectivity index (χ2n) is 6.29. The predicted octanol–water partition coefficient (Wildman–Crippen LogP) is 3.75. The summed E-state index contributed by atoms with van der Waals surface area (Å²) in [6, 6.07) is 0. The summed E-state index contributed by atoms with van der Waals surface area (Å²) in [5, 5.41) is 0. The van der Waals surface area contributed by atoms with Crippen LogP contribution in [0, 0.1) is 5.92 Å². The lowest BCUT2D eigenvalue weighted by atomic mass is 9.93. The van der Waals surface area contributed by atoms with E-state index in [-0.39, 0.29) is 5.92 Å². The summed E-state index contributed by atoms with van der Waals surface area (Å²) in [5.41, 5.74) is 0. The van der Waals surface area contributed by atoms with Gasteiger partial charge in [-0.05, 0) is 19.3 Å². The van der Waals surface area contributed by atoms with Crippen LogP contribution in [0.5, 0.6) is 0 Å². The number of rotatable bonds is 16. The van der Waals surface area contributed by atoms with E-state index in [1.54, 1.807) is 21.3 Å². The molecule has 0 spiro atoms. The molecular formula is C18H36O5. The quantitative estimate of drug-likeness (QED) is 0.245. The highest BCUT2D eigenvalue weighted by Crippen LogP contribution is 2.32. The first-order chi connectivity index (χ1) is 11.2. The van der Waals surface area contributed by atoms with E-state index >= 15 is 0 Å². The van der Waals surface area contributed by atoms with Crippen molar-refractivity contribution in [3.8, 4) is 0 Å². The van der Waals surface area contributed by atoms with Gasteiger partial charge in [-0.1, -0.05) is 39.0 Å². The predicted molar refractivity (Wildman–Crippen MR) is 90.4 cm³/mol. The number of hydrogen-bond acceptors (Lipinski definition) is 5. The van der Waals surface area contributed by atoms with E-state index in [0.717, 1.165) is 32.5 Å². The van der Waals surface area contributed by atoms with Gasteiger partial charge in [0.2, 0.25) is 0 Å². The highest BCUT2D eigenvalue weighted by atomic mass is 16.9. The number of epoxide rings is 1. The molecule has 0 saturated carbocycles. The molecule has 0 radical (unpaired) electrons. The van der Waals surface area contributed by atoms with Crippen LogP contribution in [0.4, 0.5) is 0 Å². The van der Waals surface area contributed by atoms with Gasteiger partial charge in [-0.3, -0.25) is 0 Å². The van der Waals surface area contributed by atoms with Gasteiger partial charge in [-0.25, -0.2) is 0 Å². The fraction of sp³-hybridized carbons (Fsp3) is 1.00. The summed E-state index contributed by atoms with van der Waals surface area (Å²) in [6.45, 7) is 4.55. The molecule has 0 N–H and O–H groups in total. The van der Waals surface area contributed by atoms with Gasteiger partial charge >= 0.3 is 0 Å². The summed E-state index contributed by atoms with van der Waals surface area (Å²) in [4.78, 5) is 0. The minimum Gasteiger partial charge on any atom is -0.379 e. The van der Waals surface area contributed by atoms with Crippen molar-refractivity contribution in [2.75, 3.05) is 41.2 Å². The molecule has 1 saturated heterocycles. The first-order valence-corrected chi connectivity index (χ1v) is 9.07. The van der Waals surface area contributed by atoms with Crippen LogP contribution >= 0.6 is 0 Å². The third-order valence-electron chi connectivity index (χ3n) is 4.56. The third kappa shape index (κ3) is 7.94. The standard InChI is InChI=1S/C18H36O5/c1-5-6-7-8-9-11-16(18(19-2,20-3)21-4)12-10-13-22-14-17-15-23-17/h16-17H,5-15H2,1-4H3/t16-,17?/m1/s1. The van der Waals surface area contributed by atoms with Gasteiger partial charge in [0.15, 0.2) is 0 Å². The maximum atomic E-state index is 5.63. The van der Waals surface area contributed by atoms with Crippen molar-refractivity contribution in [3.63, 3.8) is 0 Å². The average Bonchev–Trinajstić information content (AvgIpc) is 3.40. The van der Waals surface area contributed by atoms with E-state index in [0.29, 0.717) is 12.7 Å². The Morgan fingerprint density at radius 1 is 0.957 bits per heavy atom. The smallest absolute Gasteiger partial charge is 0.285 e. The van der Waals surface area contributed by atoms with E-state index in [1.165, 1.54) is 32.1 Å². The first kappa shape index (κ1) is 20.8. The largest absolute Gasteiger partial charge is 0.379 e. The molecule has 0 aromatic heterocycles. The highest BCUT2D eigenvalue weighted by molar-refractivity contribution is 4.72. The first-order valence-electron chi connectivity index (χ1n) is 9.07. The summed E-state index contributed by atoms with van der Waals surface area (Å²) in [5.74, 6) is -0.727. The minimum absolute atomic E-state index is 0.213. The minimum atomic E-state index is -0.940. The molecule has 0 aliphatic carbocycles. The molecule has 1 aliphatic rings. The third-order valence-corrected chi connectivity index (χ3v) is 4.56. The van der Waals surface area contributed by atoms with Crippen LogP contribution in [0.25, 0.3) is 0 Å². The van der Waals surface area contributed by atoms with Crippen molar-refractivity contribution in [1.29, 1.82) is 0 Å². The molecule has 1 aliphatic heterocycles. The summed E-state index contributed by atoms with van der Waals surface area (Å²) >= 11 is 0. The van der Waals surface area contributed by atoms with Gasteiger partial charge in [-0.2, -0.15) is 0 Å². The fourth-order valence-corrected chi connectivity index (χ4v) is 3.05. The molecule has 138 valence electrons. The molecule has 2 atom stereocenters. The lowest BCUT2D eigenvalue weighted by molar-refractivity contribution is -0.380. The summed E-state index contributed by atoms with van der Waals surface area (Å²) in [7, 11) is 4.95. The lowest BCUT2D eigenvalue weighted by Gasteiger charge is -2.36. The van der Waals surface area contributed by atoms with E-state index in [9.17, 15) is 0 Å². The molecule has 0 amide bonds. The van der Waals surface area contributed by atoms with Gasteiger partial charge in [0.1, 0.15) is 6.10 Å². The maximum absolute atomic E-state index is 5.63. The monoisotopic (exact) mass is 332 g/mol. The van der Waals surface area contributed by atoms with E-state index in [2.05, 4.69) is 6.92 Å². The Morgan fingerprint density at radius 2 is 1.57 bits per heavy atom. The Morgan fingerprint density at radius 3 is 2.13 bits per heavy atom. The van der Waals surface area contributed by atoms with Crippen molar-refractivity contribution in [3.05, 3.63) is 0 Å². The van der Waals surface area contributed by atoms with Gasteiger partial charge in [0, 0.05) is 33.9 Å². The van der Waals surface area contributed by atoms with Crippen LogP contribution in [-0.2, 0) is 23.7 Å². The van der Waals surface area contributed by atoms with Crippen molar-refractivity contribution in [2.45, 2.75) is 70.4 Å². The van der Waals surface area contributed by atoms with Gasteiger partial charge in [-0.15, -0.1) is 0 Å². The SMILES string of the molecule is CCCCCCC[C@H](CCCOCC1CO1)C(OC)(OC)OC. The van der Waals surface area contributed by atoms with Crippen LogP contribution in [0.1, 0.15) is 58.3 Å². The summed E-state index contributed by atoms with van der Waals surface area (Å²) in [6.07, 6.45) is 9.64. The second kappa shape index (κ2) is 12.2. The summed E-state index contributed by atoms with van der Waals surface area (Å²) < 4.78 is 27.5. The Labute approximate surface area is 142 Å². The molecule has 5 heteroatoms. The molecule has 5 nitrogen and oxygen atoms in total. The average molecular weight is 332 g/mol. The van der Waals surface area contributed by atoms with E-state index in [4.69, 9.17) is 23.7 Å². The van der Waals surface area contributed by atoms with Gasteiger partial charge < -0.3 is 23.7 Å². The second-order valence-corrected chi connectivity index (χ2v) is 6.29. The lowest BCUT2D eigenvalue weighted by Crippen LogP contribution is -2.44. The molecule has 1 heterocycles. The van der Waals surface area contributed by atoms with Crippen molar-refractivity contribution in [2.24, 2.45) is 5.92 Å². The molecule has 0 bridgehead atoms. The van der Waals surface area contributed by atoms with Crippen molar-refractivity contribution >= 4 is 0 Å². The van der Waals surface area contributed by atoms with Crippen molar-refractivity contribution < 1.29 is 23.7 Å². The Bertz CT molecular complexity index is 268. The maximum Gasteiger partial charge on any atom is 0.285 e. The number of methoxy groups -OCH3 is 3. The molecule has 23 heavy (non-hydrogen) atoms. The Kier molecular flexibility index (Phi) is 11.1. The highest BCUT2D eigenvalue weighted by Gasteiger charge is 2.39. The topological polar surface area (TPSA) is 49.5 Å². The normalized spacial score (nSPS) is 19.0. The van der Waals surface area contributed by atoms with Crippen LogP contribution in [0.3, 0.4) is 0 Å². The van der Waals surface area contributed by atoms with Crippen LogP contribution in [0.15, 0.2) is 0 Å². The fourth-order valence-electron chi connectivity index (χ4n) is 3.05. The van der Waals surface area contributed by atoms with E-state index < -0.39 is 5.97 Å². The zero-order chi connectivity index (χ0) is 17.0. The number of hydrogen-bond donors (Lipinski definition) is 0. The Balaban J connectivity index is 2.35. The van der Waals surface area contributed by atoms with E-state index in [1.807, 2.05) is 0 Å². The zero-order valence-corrected chi connectivity index (χ0v) is 15.5. The molecular weight excluding hydrogens is 296 g/mol. The number of ether oxygens (including phenoxy) is 5. The zero-order valence-electron chi connectivity index (χ0n) is 15.5. The van der Waals surface area contributed by atoms with Gasteiger partial charge in [0.05, 0.1) is 13.2 Å². The van der Waals surface area contributed by atoms with Crippen LogP contribution in [0.2, 0.25) is 0 Å². The van der Waals surface area contributed by atoms with Gasteiger partial charge in [0.25, 0.3) is 5.97 Å².